The maximum atomic E-state index is 6.21. The van der Waals surface area contributed by atoms with Crippen molar-refractivity contribution in [3.05, 3.63) is 111 Å². The number of thiophene rings is 1. The first kappa shape index (κ1) is 39.8. The van der Waals surface area contributed by atoms with Gasteiger partial charge < -0.3 is 19.3 Å². The number of benzene rings is 5. The molecule has 5 aromatic carbocycles. The Bertz CT molecular complexity index is 2720. The third kappa shape index (κ3) is 6.13. The number of nitrogens with zero attached hydrogens (tertiary/aromatic N) is 2. The largest absolute Gasteiger partial charge is 0.454 e. The van der Waals surface area contributed by atoms with Crippen molar-refractivity contribution in [2.24, 2.45) is 0 Å². The van der Waals surface area contributed by atoms with Crippen molar-refractivity contribution in [1.29, 1.82) is 0 Å². The average Bonchev–Trinajstić information content (AvgIpc) is 3.75. The van der Waals surface area contributed by atoms with Crippen LogP contribution in [0.5, 0.6) is 11.5 Å². The van der Waals surface area contributed by atoms with Crippen molar-refractivity contribution in [2.75, 3.05) is 16.6 Å². The van der Waals surface area contributed by atoms with Crippen molar-refractivity contribution in [2.45, 2.75) is 132 Å². The normalized spacial score (nSPS) is 14.9. The second kappa shape index (κ2) is 12.9. The van der Waals surface area contributed by atoms with E-state index in [9.17, 15) is 0 Å². The van der Waals surface area contributed by atoms with Gasteiger partial charge in [0.1, 0.15) is 0 Å². The van der Waals surface area contributed by atoms with Crippen molar-refractivity contribution >= 4 is 78.0 Å². The molecule has 3 aliphatic rings. The molecule has 304 valence electrons. The number of fused-ring (bicyclic) bond motifs is 7. The molecule has 0 aliphatic carbocycles. The Hall–Kier alpha value is -4.68. The molecule has 0 spiro atoms. The summed E-state index contributed by atoms with van der Waals surface area (Å²) in [5.41, 5.74) is 20.5. The standard InChI is InChI=1S/C53H61BN2O2S/c1-29-21-35(52(11,12)13)22-30(2)46(29)56-41-27-36(53(14,15)16)26-40-45(41)54(44-37-24-33(50(5,6)7)18-20-43(37)59-49(44)56)38-25-34(51(8,9)10)17-19-39(38)55(40)47-31(3)23-42-48(32(47)4)58-28-57-42/h17-27H,28H2,1-16H3. The monoisotopic (exact) mass is 800 g/mol. The molecule has 9 rings (SSSR count). The predicted molar refractivity (Wildman–Crippen MR) is 256 cm³/mol. The van der Waals surface area contributed by atoms with Crippen LogP contribution in [0.2, 0.25) is 0 Å². The minimum Gasteiger partial charge on any atom is -0.454 e. The van der Waals surface area contributed by atoms with Crippen LogP contribution in [0.1, 0.15) is 128 Å². The van der Waals surface area contributed by atoms with E-state index in [4.69, 9.17) is 9.47 Å². The summed E-state index contributed by atoms with van der Waals surface area (Å²) in [6.07, 6.45) is 0. The highest BCUT2D eigenvalue weighted by atomic mass is 32.1. The number of anilines is 6. The minimum atomic E-state index is -0.115. The average molecular weight is 801 g/mol. The number of hydrogen-bond acceptors (Lipinski definition) is 5. The summed E-state index contributed by atoms with van der Waals surface area (Å²) in [7, 11) is 0. The maximum Gasteiger partial charge on any atom is 0.254 e. The van der Waals surface area contributed by atoms with Gasteiger partial charge in [0.25, 0.3) is 6.71 Å². The summed E-state index contributed by atoms with van der Waals surface area (Å²) >= 11 is 1.96. The quantitative estimate of drug-likeness (QED) is 0.163. The first-order valence-electron chi connectivity index (χ1n) is 21.5. The first-order valence-corrected chi connectivity index (χ1v) is 22.3. The van der Waals surface area contributed by atoms with Crippen molar-refractivity contribution in [1.82, 2.24) is 0 Å². The second-order valence-corrected chi connectivity index (χ2v) is 22.7. The molecule has 0 fully saturated rings. The van der Waals surface area contributed by atoms with E-state index in [1.165, 1.54) is 93.2 Å². The van der Waals surface area contributed by atoms with Crippen molar-refractivity contribution in [3.8, 4) is 11.5 Å². The van der Waals surface area contributed by atoms with Gasteiger partial charge in [0.2, 0.25) is 6.79 Å². The van der Waals surface area contributed by atoms with Crippen LogP contribution in [0.25, 0.3) is 10.1 Å². The molecule has 0 unspecified atom stereocenters. The van der Waals surface area contributed by atoms with Gasteiger partial charge in [-0.2, -0.15) is 0 Å². The molecule has 0 saturated heterocycles. The Balaban J connectivity index is 1.48. The number of aryl methyl sites for hydroxylation is 3. The highest BCUT2D eigenvalue weighted by Crippen LogP contribution is 2.53. The lowest BCUT2D eigenvalue weighted by molar-refractivity contribution is 0.173. The predicted octanol–water partition coefficient (Wildman–Crippen LogP) is 13.1. The zero-order chi connectivity index (χ0) is 42.5. The van der Waals surface area contributed by atoms with Gasteiger partial charge in [0, 0.05) is 27.3 Å². The van der Waals surface area contributed by atoms with Gasteiger partial charge >= 0.3 is 0 Å². The van der Waals surface area contributed by atoms with Crippen LogP contribution < -0.4 is 35.7 Å². The maximum absolute atomic E-state index is 6.21. The first-order chi connectivity index (χ1) is 27.4. The fraction of sp³-hybridized carbons (Fsp3) is 0.396. The van der Waals surface area contributed by atoms with E-state index in [2.05, 4.69) is 187 Å². The van der Waals surface area contributed by atoms with Crippen LogP contribution in [-0.2, 0) is 21.7 Å². The molecular weight excluding hydrogens is 739 g/mol. The molecule has 4 heterocycles. The molecule has 1 aromatic heterocycles. The Labute approximate surface area is 357 Å². The van der Waals surface area contributed by atoms with E-state index in [1.807, 2.05) is 11.3 Å². The van der Waals surface area contributed by atoms with Gasteiger partial charge in [-0.05, 0) is 140 Å². The Kier molecular flexibility index (Phi) is 8.70. The molecular formula is C53H61BN2O2S. The number of ether oxygens (including phenoxy) is 2. The smallest absolute Gasteiger partial charge is 0.254 e. The van der Waals surface area contributed by atoms with Crippen LogP contribution in [-0.4, -0.2) is 13.5 Å². The van der Waals surface area contributed by atoms with E-state index in [1.54, 1.807) is 0 Å². The minimum absolute atomic E-state index is 0.00703. The van der Waals surface area contributed by atoms with Gasteiger partial charge in [0.05, 0.1) is 16.4 Å². The lowest BCUT2D eigenvalue weighted by Crippen LogP contribution is -2.61. The zero-order valence-electron chi connectivity index (χ0n) is 38.3. The number of rotatable bonds is 2. The third-order valence-electron chi connectivity index (χ3n) is 13.1. The highest BCUT2D eigenvalue weighted by molar-refractivity contribution is 7.26. The van der Waals surface area contributed by atoms with Crippen LogP contribution in [0.3, 0.4) is 0 Å². The van der Waals surface area contributed by atoms with E-state index in [0.717, 1.165) is 22.7 Å². The summed E-state index contributed by atoms with van der Waals surface area (Å²) in [5.74, 6) is 1.67. The molecule has 6 aromatic rings. The van der Waals surface area contributed by atoms with Crippen LogP contribution >= 0.6 is 11.3 Å². The Morgan fingerprint density at radius 1 is 0.525 bits per heavy atom. The highest BCUT2D eigenvalue weighted by Gasteiger charge is 2.47. The van der Waals surface area contributed by atoms with Gasteiger partial charge in [0.15, 0.2) is 11.5 Å². The molecule has 0 bridgehead atoms. The summed E-state index contributed by atoms with van der Waals surface area (Å²) < 4.78 is 13.5. The van der Waals surface area contributed by atoms with Crippen molar-refractivity contribution in [3.63, 3.8) is 0 Å². The van der Waals surface area contributed by atoms with Gasteiger partial charge in [-0.15, -0.1) is 11.3 Å². The topological polar surface area (TPSA) is 24.9 Å². The lowest BCUT2D eigenvalue weighted by atomic mass is 9.33. The van der Waals surface area contributed by atoms with E-state index in [0.29, 0.717) is 0 Å². The molecule has 0 atom stereocenters. The summed E-state index contributed by atoms with van der Waals surface area (Å²) in [6, 6.07) is 26.7. The SMILES string of the molecule is Cc1cc(C(C)(C)C)cc(C)c1N1c2cc(C(C)(C)C)cc3c2B(c2cc(C(C)(C)C)ccc2N3c2c(C)cc3c(c2C)OCO3)c2c1sc1ccc(C(C)(C)C)cc21. The summed E-state index contributed by atoms with van der Waals surface area (Å²) in [4.78, 5) is 5.26. The molecule has 0 N–H and O–H groups in total. The van der Waals surface area contributed by atoms with E-state index < -0.39 is 0 Å². The lowest BCUT2D eigenvalue weighted by Gasteiger charge is -2.45. The Morgan fingerprint density at radius 3 is 1.68 bits per heavy atom. The molecule has 0 amide bonds. The summed E-state index contributed by atoms with van der Waals surface area (Å²) in [5, 5.41) is 2.69. The zero-order valence-corrected chi connectivity index (χ0v) is 39.1. The summed E-state index contributed by atoms with van der Waals surface area (Å²) in [6.45, 7) is 37.4. The van der Waals surface area contributed by atoms with E-state index >= 15 is 0 Å². The fourth-order valence-corrected chi connectivity index (χ4v) is 11.0. The molecule has 0 saturated carbocycles. The molecule has 6 heteroatoms. The van der Waals surface area contributed by atoms with Gasteiger partial charge in [-0.1, -0.05) is 119 Å². The van der Waals surface area contributed by atoms with Gasteiger partial charge in [-0.25, -0.2) is 0 Å². The number of hydrogen-bond donors (Lipinski definition) is 0. The molecule has 3 aliphatic heterocycles. The molecule has 4 nitrogen and oxygen atoms in total. The molecule has 59 heavy (non-hydrogen) atoms. The second-order valence-electron chi connectivity index (χ2n) is 21.7. The van der Waals surface area contributed by atoms with Crippen molar-refractivity contribution < 1.29 is 9.47 Å². The van der Waals surface area contributed by atoms with Crippen LogP contribution in [0, 0.1) is 27.7 Å². The van der Waals surface area contributed by atoms with Crippen LogP contribution in [0.15, 0.2) is 66.7 Å². The fourth-order valence-electron chi connectivity index (χ4n) is 9.79. The van der Waals surface area contributed by atoms with Crippen LogP contribution in [0.4, 0.5) is 33.4 Å². The van der Waals surface area contributed by atoms with E-state index in [-0.39, 0.29) is 35.2 Å². The molecule has 0 radical (unpaired) electrons. The Morgan fingerprint density at radius 2 is 1.07 bits per heavy atom. The third-order valence-corrected chi connectivity index (χ3v) is 14.3. The van der Waals surface area contributed by atoms with Gasteiger partial charge in [-0.3, -0.25) is 0 Å².